The summed E-state index contributed by atoms with van der Waals surface area (Å²) in [6.45, 7) is 8.37. The maximum absolute atomic E-state index is 12.3. The lowest BCUT2D eigenvalue weighted by Crippen LogP contribution is -2.39. The fourth-order valence-corrected chi connectivity index (χ4v) is 2.30. The Bertz CT molecular complexity index is 564. The second-order valence-corrected chi connectivity index (χ2v) is 5.75. The third-order valence-electron chi connectivity index (χ3n) is 3.73. The average Bonchev–Trinajstić information content (AvgIpc) is 2.43. The van der Waals surface area contributed by atoms with Gasteiger partial charge in [0, 0.05) is 17.9 Å². The molecule has 0 aromatic carbocycles. The van der Waals surface area contributed by atoms with Gasteiger partial charge in [-0.2, -0.15) is 0 Å². The third kappa shape index (κ3) is 3.93. The molecule has 1 aliphatic carbocycles. The number of esters is 2. The molecule has 0 saturated heterocycles. The molecule has 0 radical (unpaired) electrons. The van der Waals surface area contributed by atoms with Crippen molar-refractivity contribution in [3.8, 4) is 0 Å². The highest BCUT2D eigenvalue weighted by Gasteiger charge is 2.39. The first-order valence-electron chi connectivity index (χ1n) is 7.07. The van der Waals surface area contributed by atoms with Crippen molar-refractivity contribution < 1.29 is 23.9 Å². The standard InChI is InChI=1S/C17H22O5/c1-6-13(10-21-12(3)19)16(20)22-15-11(2)7-8-14(9-18)17(15,4)5/h6-9,15H,10H2,1-5H3/b13-6+/t15-/m1/s1. The maximum atomic E-state index is 12.3. The smallest absolute Gasteiger partial charge is 0.337 e. The summed E-state index contributed by atoms with van der Waals surface area (Å²) < 4.78 is 10.4. The van der Waals surface area contributed by atoms with E-state index in [2.05, 4.69) is 0 Å². The molecular formula is C17H22O5. The number of ether oxygens (including phenoxy) is 2. The predicted octanol–water partition coefficient (Wildman–Crippen LogP) is 2.52. The minimum Gasteiger partial charge on any atom is -0.461 e. The van der Waals surface area contributed by atoms with Gasteiger partial charge in [-0.15, -0.1) is 0 Å². The lowest BCUT2D eigenvalue weighted by atomic mass is 9.73. The van der Waals surface area contributed by atoms with Crippen LogP contribution in [0.3, 0.4) is 0 Å². The fourth-order valence-electron chi connectivity index (χ4n) is 2.30. The lowest BCUT2D eigenvalue weighted by Gasteiger charge is -2.37. The van der Waals surface area contributed by atoms with E-state index in [-0.39, 0.29) is 12.2 Å². The molecule has 0 aliphatic heterocycles. The van der Waals surface area contributed by atoms with Crippen molar-refractivity contribution in [1.29, 1.82) is 0 Å². The summed E-state index contributed by atoms with van der Waals surface area (Å²) in [5, 5.41) is 0. The zero-order valence-corrected chi connectivity index (χ0v) is 13.6. The van der Waals surface area contributed by atoms with Crippen molar-refractivity contribution in [2.45, 2.75) is 40.7 Å². The molecule has 0 heterocycles. The van der Waals surface area contributed by atoms with Gasteiger partial charge in [-0.1, -0.05) is 32.1 Å². The molecule has 5 nitrogen and oxygen atoms in total. The Hall–Kier alpha value is -2.17. The molecule has 120 valence electrons. The summed E-state index contributed by atoms with van der Waals surface area (Å²) in [6, 6.07) is 0. The summed E-state index contributed by atoms with van der Waals surface area (Å²) in [5.41, 5.74) is 1.07. The number of allylic oxidation sites excluding steroid dienone is 3. The van der Waals surface area contributed by atoms with Gasteiger partial charge in [0.2, 0.25) is 0 Å². The summed E-state index contributed by atoms with van der Waals surface area (Å²) >= 11 is 0. The van der Waals surface area contributed by atoms with Crippen LogP contribution in [-0.2, 0) is 23.9 Å². The lowest BCUT2D eigenvalue weighted by molar-refractivity contribution is -0.149. The van der Waals surface area contributed by atoms with E-state index >= 15 is 0 Å². The molecule has 0 amide bonds. The van der Waals surface area contributed by atoms with E-state index in [1.165, 1.54) is 6.92 Å². The molecule has 0 fully saturated rings. The van der Waals surface area contributed by atoms with Crippen LogP contribution in [0.25, 0.3) is 0 Å². The number of aldehydes is 1. The van der Waals surface area contributed by atoms with Crippen LogP contribution in [0.4, 0.5) is 0 Å². The van der Waals surface area contributed by atoms with Gasteiger partial charge < -0.3 is 9.47 Å². The van der Waals surface area contributed by atoms with Crippen molar-refractivity contribution in [3.05, 3.63) is 34.9 Å². The van der Waals surface area contributed by atoms with Crippen LogP contribution in [0, 0.1) is 5.41 Å². The van der Waals surface area contributed by atoms with E-state index in [1.54, 1.807) is 25.2 Å². The van der Waals surface area contributed by atoms with Gasteiger partial charge in [-0.25, -0.2) is 4.79 Å². The zero-order valence-electron chi connectivity index (χ0n) is 13.6. The van der Waals surface area contributed by atoms with E-state index in [0.29, 0.717) is 5.57 Å². The molecule has 0 aromatic heterocycles. The second-order valence-electron chi connectivity index (χ2n) is 5.75. The minimum absolute atomic E-state index is 0.128. The first kappa shape index (κ1) is 17.9. The normalized spacial score (nSPS) is 20.6. The van der Waals surface area contributed by atoms with E-state index in [4.69, 9.17) is 9.47 Å². The van der Waals surface area contributed by atoms with Crippen LogP contribution < -0.4 is 0 Å². The van der Waals surface area contributed by atoms with Crippen LogP contribution in [-0.4, -0.2) is 30.9 Å². The summed E-state index contributed by atoms with van der Waals surface area (Å²) in [4.78, 5) is 34.3. The third-order valence-corrected chi connectivity index (χ3v) is 3.73. The van der Waals surface area contributed by atoms with Gasteiger partial charge in [0.15, 0.2) is 0 Å². The topological polar surface area (TPSA) is 69.7 Å². The number of carbonyl (C=O) groups is 3. The molecule has 1 rings (SSSR count). The zero-order chi connectivity index (χ0) is 16.9. The first-order chi connectivity index (χ1) is 10.2. The SMILES string of the molecule is C/C=C(\COC(C)=O)C(=O)O[C@@H]1C(C)=CC=C(C=O)C1(C)C. The fraction of sp³-hybridized carbons (Fsp3) is 0.471. The van der Waals surface area contributed by atoms with Crippen molar-refractivity contribution in [1.82, 2.24) is 0 Å². The Labute approximate surface area is 130 Å². The van der Waals surface area contributed by atoms with Crippen molar-refractivity contribution >= 4 is 18.2 Å². The second kappa shape index (κ2) is 7.20. The highest BCUT2D eigenvalue weighted by Crippen LogP contribution is 2.38. The number of carbonyl (C=O) groups excluding carboxylic acids is 3. The number of hydrogen-bond donors (Lipinski definition) is 0. The van der Waals surface area contributed by atoms with Crippen molar-refractivity contribution in [3.63, 3.8) is 0 Å². The molecule has 0 unspecified atom stereocenters. The van der Waals surface area contributed by atoms with E-state index in [0.717, 1.165) is 11.9 Å². The van der Waals surface area contributed by atoms with Crippen molar-refractivity contribution in [2.75, 3.05) is 6.61 Å². The number of hydrogen-bond acceptors (Lipinski definition) is 5. The molecular weight excluding hydrogens is 284 g/mol. The summed E-state index contributed by atoms with van der Waals surface area (Å²) in [6.07, 6.45) is 5.30. The molecule has 1 atom stereocenters. The molecule has 0 bridgehead atoms. The Morgan fingerprint density at radius 3 is 2.45 bits per heavy atom. The van der Waals surface area contributed by atoms with Gasteiger partial charge in [0.25, 0.3) is 0 Å². The molecule has 0 aromatic rings. The molecule has 5 heteroatoms. The predicted molar refractivity (Wildman–Crippen MR) is 82.0 cm³/mol. The Kier molecular flexibility index (Phi) is 5.85. The molecule has 0 saturated carbocycles. The molecule has 0 N–H and O–H groups in total. The summed E-state index contributed by atoms with van der Waals surface area (Å²) in [7, 11) is 0. The molecule has 1 aliphatic rings. The van der Waals surface area contributed by atoms with Crippen molar-refractivity contribution in [2.24, 2.45) is 5.41 Å². The van der Waals surface area contributed by atoms with Crippen LogP contribution in [0.15, 0.2) is 34.9 Å². The van der Waals surface area contributed by atoms with Gasteiger partial charge >= 0.3 is 11.9 Å². The Morgan fingerprint density at radius 1 is 1.32 bits per heavy atom. The van der Waals surface area contributed by atoms with E-state index in [9.17, 15) is 14.4 Å². The Balaban J connectivity index is 2.91. The first-order valence-corrected chi connectivity index (χ1v) is 7.07. The summed E-state index contributed by atoms with van der Waals surface area (Å²) in [5.74, 6) is -1.02. The van der Waals surface area contributed by atoms with Gasteiger partial charge in [-0.3, -0.25) is 9.59 Å². The highest BCUT2D eigenvalue weighted by molar-refractivity contribution is 5.89. The Morgan fingerprint density at radius 2 is 1.95 bits per heavy atom. The van der Waals surface area contributed by atoms with Crippen LogP contribution >= 0.6 is 0 Å². The molecule has 0 spiro atoms. The van der Waals surface area contributed by atoms with Crippen LogP contribution in [0.5, 0.6) is 0 Å². The minimum atomic E-state index is -0.615. The maximum Gasteiger partial charge on any atom is 0.337 e. The van der Waals surface area contributed by atoms with Crippen LogP contribution in [0.2, 0.25) is 0 Å². The van der Waals surface area contributed by atoms with Gasteiger partial charge in [0.05, 0.1) is 5.57 Å². The monoisotopic (exact) mass is 306 g/mol. The van der Waals surface area contributed by atoms with Gasteiger partial charge in [0.1, 0.15) is 19.0 Å². The average molecular weight is 306 g/mol. The van der Waals surface area contributed by atoms with Gasteiger partial charge in [-0.05, 0) is 19.4 Å². The highest BCUT2D eigenvalue weighted by atomic mass is 16.6. The molecule has 22 heavy (non-hydrogen) atoms. The van der Waals surface area contributed by atoms with E-state index < -0.39 is 23.5 Å². The quantitative estimate of drug-likeness (QED) is 0.443. The van der Waals surface area contributed by atoms with E-state index in [1.807, 2.05) is 20.8 Å². The number of rotatable bonds is 5. The van der Waals surface area contributed by atoms with Crippen LogP contribution in [0.1, 0.15) is 34.6 Å². The largest absolute Gasteiger partial charge is 0.461 e.